The molecular weight excluding hydrogens is 228 g/mol. The van der Waals surface area contributed by atoms with Crippen molar-refractivity contribution in [3.63, 3.8) is 0 Å². The Kier molecular flexibility index (Phi) is 3.22. The molecule has 3 nitrogen and oxygen atoms in total. The number of aldehydes is 2. The van der Waals surface area contributed by atoms with Gasteiger partial charge in [-0.05, 0) is 36.2 Å². The molecule has 2 aliphatic carbocycles. The van der Waals surface area contributed by atoms with E-state index >= 15 is 0 Å². The molecule has 100 valence electrons. The number of aliphatic hydroxyl groups is 1. The summed E-state index contributed by atoms with van der Waals surface area (Å²) in [5, 5.41) is 10.4. The summed E-state index contributed by atoms with van der Waals surface area (Å²) >= 11 is 0. The Bertz CT molecular complexity index is 397. The average Bonchev–Trinajstić information content (AvgIpc) is 2.33. The Morgan fingerprint density at radius 1 is 1.33 bits per heavy atom. The third kappa shape index (κ3) is 1.68. The number of carbonyl (C=O) groups excluding carboxylic acids is 2. The van der Waals surface area contributed by atoms with Crippen LogP contribution in [0.1, 0.15) is 40.0 Å². The van der Waals surface area contributed by atoms with Crippen LogP contribution in [0.3, 0.4) is 0 Å². The van der Waals surface area contributed by atoms with Crippen molar-refractivity contribution in [2.75, 3.05) is 0 Å². The summed E-state index contributed by atoms with van der Waals surface area (Å²) in [5.41, 5.74) is 0.134. The smallest absolute Gasteiger partial charge is 0.146 e. The van der Waals surface area contributed by atoms with E-state index in [4.69, 9.17) is 0 Å². The largest absolute Gasteiger partial charge is 0.393 e. The van der Waals surface area contributed by atoms with Crippen LogP contribution in [-0.2, 0) is 9.59 Å². The van der Waals surface area contributed by atoms with E-state index in [9.17, 15) is 14.7 Å². The molecule has 1 saturated carbocycles. The Balaban J connectivity index is 2.52. The lowest BCUT2D eigenvalue weighted by Gasteiger charge is -2.57. The zero-order chi connectivity index (χ0) is 13.6. The molecule has 2 aliphatic rings. The number of hydrogen-bond donors (Lipinski definition) is 1. The second-order valence-electron chi connectivity index (χ2n) is 6.63. The van der Waals surface area contributed by atoms with Crippen molar-refractivity contribution in [3.05, 3.63) is 11.6 Å². The van der Waals surface area contributed by atoms with Crippen LogP contribution >= 0.6 is 0 Å². The second-order valence-corrected chi connectivity index (χ2v) is 6.63. The number of rotatable bonds is 2. The highest BCUT2D eigenvalue weighted by Gasteiger charge is 2.56. The molecule has 0 amide bonds. The molecule has 0 bridgehead atoms. The van der Waals surface area contributed by atoms with Crippen LogP contribution in [0, 0.1) is 22.7 Å². The fourth-order valence-electron chi connectivity index (χ4n) is 4.15. The number of aliphatic hydroxyl groups excluding tert-OH is 1. The van der Waals surface area contributed by atoms with Crippen molar-refractivity contribution >= 4 is 12.6 Å². The maximum atomic E-state index is 11.4. The molecule has 1 fully saturated rings. The van der Waals surface area contributed by atoms with Gasteiger partial charge in [0, 0.05) is 5.41 Å². The van der Waals surface area contributed by atoms with E-state index in [-0.39, 0.29) is 11.3 Å². The van der Waals surface area contributed by atoms with Gasteiger partial charge in [0.05, 0.1) is 12.0 Å². The van der Waals surface area contributed by atoms with Crippen LogP contribution in [0.25, 0.3) is 0 Å². The number of hydrogen-bond acceptors (Lipinski definition) is 3. The lowest BCUT2D eigenvalue weighted by atomic mass is 9.48. The fourth-order valence-corrected chi connectivity index (χ4v) is 4.15. The van der Waals surface area contributed by atoms with E-state index in [0.717, 1.165) is 25.4 Å². The van der Waals surface area contributed by atoms with Crippen LogP contribution in [0.15, 0.2) is 11.6 Å². The van der Waals surface area contributed by atoms with Crippen molar-refractivity contribution in [3.8, 4) is 0 Å². The van der Waals surface area contributed by atoms with Crippen molar-refractivity contribution in [2.24, 2.45) is 22.7 Å². The Morgan fingerprint density at radius 2 is 2.00 bits per heavy atom. The summed E-state index contributed by atoms with van der Waals surface area (Å²) in [6.45, 7) is 6.37. The first-order valence-electron chi connectivity index (χ1n) is 6.66. The minimum atomic E-state index is -0.505. The molecule has 0 spiro atoms. The fraction of sp³-hybridized carbons (Fsp3) is 0.733. The molecule has 1 unspecified atom stereocenters. The van der Waals surface area contributed by atoms with Crippen LogP contribution in [-0.4, -0.2) is 23.8 Å². The molecule has 0 aliphatic heterocycles. The highest BCUT2D eigenvalue weighted by atomic mass is 16.3. The van der Waals surface area contributed by atoms with E-state index in [1.807, 2.05) is 13.0 Å². The minimum absolute atomic E-state index is 0.0974. The maximum absolute atomic E-state index is 11.4. The molecule has 0 heterocycles. The molecule has 0 radical (unpaired) electrons. The second kappa shape index (κ2) is 4.30. The Morgan fingerprint density at radius 3 is 2.56 bits per heavy atom. The van der Waals surface area contributed by atoms with Crippen LogP contribution in [0.5, 0.6) is 0 Å². The van der Waals surface area contributed by atoms with E-state index in [1.54, 1.807) is 0 Å². The molecule has 0 aromatic heterocycles. The number of allylic oxidation sites excluding steroid dienone is 2. The van der Waals surface area contributed by atoms with Crippen LogP contribution in [0.4, 0.5) is 0 Å². The Labute approximate surface area is 108 Å². The number of carbonyl (C=O) groups is 2. The summed E-state index contributed by atoms with van der Waals surface area (Å²) in [4.78, 5) is 22.5. The van der Waals surface area contributed by atoms with E-state index in [2.05, 4.69) is 13.8 Å². The molecule has 4 atom stereocenters. The lowest BCUT2D eigenvalue weighted by molar-refractivity contribution is -0.143. The summed E-state index contributed by atoms with van der Waals surface area (Å²) in [7, 11) is 0. The van der Waals surface area contributed by atoms with Crippen LogP contribution in [0.2, 0.25) is 0 Å². The third-order valence-electron chi connectivity index (χ3n) is 5.36. The van der Waals surface area contributed by atoms with Gasteiger partial charge in [-0.25, -0.2) is 0 Å². The Hall–Kier alpha value is -0.960. The third-order valence-corrected chi connectivity index (χ3v) is 5.36. The van der Waals surface area contributed by atoms with Gasteiger partial charge in [0.2, 0.25) is 0 Å². The summed E-state index contributed by atoms with van der Waals surface area (Å²) in [6.07, 6.45) is 5.44. The minimum Gasteiger partial charge on any atom is -0.393 e. The van der Waals surface area contributed by atoms with E-state index in [1.165, 1.54) is 0 Å². The average molecular weight is 250 g/mol. The van der Waals surface area contributed by atoms with E-state index in [0.29, 0.717) is 12.0 Å². The summed E-state index contributed by atoms with van der Waals surface area (Å²) in [6, 6.07) is 0. The van der Waals surface area contributed by atoms with Crippen LogP contribution < -0.4 is 0 Å². The molecule has 3 heteroatoms. The first-order valence-corrected chi connectivity index (χ1v) is 6.66. The van der Waals surface area contributed by atoms with Gasteiger partial charge in [-0.3, -0.25) is 4.79 Å². The monoisotopic (exact) mass is 250 g/mol. The van der Waals surface area contributed by atoms with Crippen molar-refractivity contribution in [1.82, 2.24) is 0 Å². The van der Waals surface area contributed by atoms with Gasteiger partial charge in [0.15, 0.2) is 0 Å². The van der Waals surface area contributed by atoms with Gasteiger partial charge >= 0.3 is 0 Å². The zero-order valence-corrected chi connectivity index (χ0v) is 11.3. The standard InChI is InChI=1S/C15H22O3/c1-14(2)7-6-13(18)15(3)11(9-17)10(8-16)4-5-12(14)15/h4,8-9,11-13,18H,5-7H2,1-3H3/t11-,12?,13+,15+/m0/s1. The molecule has 1 N–H and O–H groups in total. The predicted octanol–water partition coefficient (Wildman–Crippen LogP) is 2.13. The SMILES string of the molecule is CC1(C)CC[C@@H](O)[C@@]2(C)C1CC=C(C=O)[C@@H]2C=O. The predicted molar refractivity (Wildman–Crippen MR) is 68.9 cm³/mol. The normalized spacial score (nSPS) is 42.7. The van der Waals surface area contributed by atoms with Gasteiger partial charge in [-0.2, -0.15) is 0 Å². The first-order chi connectivity index (χ1) is 8.37. The van der Waals surface area contributed by atoms with Gasteiger partial charge in [0.1, 0.15) is 12.6 Å². The number of fused-ring (bicyclic) bond motifs is 1. The van der Waals surface area contributed by atoms with Gasteiger partial charge in [0.25, 0.3) is 0 Å². The van der Waals surface area contributed by atoms with Gasteiger partial charge < -0.3 is 9.90 Å². The maximum Gasteiger partial charge on any atom is 0.146 e. The van der Waals surface area contributed by atoms with Crippen molar-refractivity contribution < 1.29 is 14.7 Å². The first kappa shape index (κ1) is 13.5. The zero-order valence-electron chi connectivity index (χ0n) is 11.3. The van der Waals surface area contributed by atoms with Gasteiger partial charge in [-0.15, -0.1) is 0 Å². The lowest BCUT2D eigenvalue weighted by Crippen LogP contribution is -2.56. The molecule has 0 saturated heterocycles. The molecule has 0 aromatic carbocycles. The summed E-state index contributed by atoms with van der Waals surface area (Å²) < 4.78 is 0. The van der Waals surface area contributed by atoms with E-state index < -0.39 is 17.4 Å². The molecule has 2 rings (SSSR count). The van der Waals surface area contributed by atoms with Gasteiger partial charge in [-0.1, -0.05) is 26.8 Å². The van der Waals surface area contributed by atoms with Crippen molar-refractivity contribution in [2.45, 2.75) is 46.1 Å². The quantitative estimate of drug-likeness (QED) is 0.764. The molecule has 18 heavy (non-hydrogen) atoms. The highest BCUT2D eigenvalue weighted by Crippen LogP contribution is 2.58. The van der Waals surface area contributed by atoms with Crippen molar-refractivity contribution in [1.29, 1.82) is 0 Å². The highest BCUT2D eigenvalue weighted by molar-refractivity contribution is 5.82. The molecule has 0 aromatic rings. The topological polar surface area (TPSA) is 54.4 Å². The molecular formula is C15H22O3. The summed E-state index contributed by atoms with van der Waals surface area (Å²) in [5.74, 6) is -0.226.